The molecule has 1 unspecified atom stereocenters. The van der Waals surface area contributed by atoms with Crippen molar-refractivity contribution in [3.8, 4) is 11.6 Å². The molecule has 1 aromatic carbocycles. The van der Waals surface area contributed by atoms with Gasteiger partial charge in [0.25, 0.3) is 0 Å². The molecule has 0 amide bonds. The molecule has 132 valence electrons. The molecular weight excluding hydrogens is 336 g/mol. The molecule has 0 aliphatic carbocycles. The molecule has 0 bridgehead atoms. The van der Waals surface area contributed by atoms with E-state index in [1.807, 2.05) is 26.0 Å². The van der Waals surface area contributed by atoms with Gasteiger partial charge in [0.2, 0.25) is 10.8 Å². The lowest BCUT2D eigenvalue weighted by Crippen LogP contribution is -2.26. The fourth-order valence-corrected chi connectivity index (χ4v) is 4.49. The Morgan fingerprint density at radius 1 is 1.16 bits per heavy atom. The third kappa shape index (κ3) is 3.09. The number of likely N-dealkylation sites (tertiary alicyclic amines) is 1. The van der Waals surface area contributed by atoms with Crippen LogP contribution in [0.1, 0.15) is 43.2 Å². The molecule has 1 aliphatic heterocycles. The summed E-state index contributed by atoms with van der Waals surface area (Å²) in [6, 6.07) is 8.22. The monoisotopic (exact) mass is 358 g/mol. The van der Waals surface area contributed by atoms with Crippen LogP contribution in [0.3, 0.4) is 0 Å². The minimum Gasteiger partial charge on any atom is -0.492 e. The molecule has 0 spiro atoms. The predicted octanol–water partition coefficient (Wildman–Crippen LogP) is 3.47. The number of ether oxygens (including phenoxy) is 1. The minimum atomic E-state index is 0.0177. The molecule has 2 aromatic heterocycles. The first-order valence-electron chi connectivity index (χ1n) is 8.65. The number of hydrogen-bond donors (Lipinski definition) is 1. The maximum Gasteiger partial charge on any atom is 0.230 e. The molecule has 1 fully saturated rings. The van der Waals surface area contributed by atoms with Crippen LogP contribution in [-0.2, 0) is 0 Å². The van der Waals surface area contributed by atoms with Gasteiger partial charge >= 0.3 is 0 Å². The smallest absolute Gasteiger partial charge is 0.230 e. The molecule has 1 atom stereocenters. The lowest BCUT2D eigenvalue weighted by molar-refractivity contribution is 0.242. The summed E-state index contributed by atoms with van der Waals surface area (Å²) < 4.78 is 7.27. The quantitative estimate of drug-likeness (QED) is 0.757. The summed E-state index contributed by atoms with van der Waals surface area (Å²) in [5.41, 5.74) is 1.15. The van der Waals surface area contributed by atoms with Crippen molar-refractivity contribution >= 4 is 16.3 Å². The second-order valence-electron chi connectivity index (χ2n) is 6.63. The Labute approximate surface area is 150 Å². The Balaban J connectivity index is 1.73. The molecule has 4 rings (SSSR count). The number of rotatable bonds is 5. The molecule has 1 saturated heterocycles. The Hall–Kier alpha value is -2.12. The van der Waals surface area contributed by atoms with E-state index in [0.29, 0.717) is 0 Å². The first-order chi connectivity index (χ1) is 12.1. The molecule has 6 nitrogen and oxygen atoms in total. The lowest BCUT2D eigenvalue weighted by atomic mass is 10.0. The molecular formula is C18H22N4O2S. The van der Waals surface area contributed by atoms with Gasteiger partial charge in [0, 0.05) is 0 Å². The van der Waals surface area contributed by atoms with E-state index < -0.39 is 0 Å². The first kappa shape index (κ1) is 16.4. The molecule has 0 radical (unpaired) electrons. The van der Waals surface area contributed by atoms with E-state index in [2.05, 4.69) is 27.1 Å². The summed E-state index contributed by atoms with van der Waals surface area (Å²) in [7, 11) is 0. The van der Waals surface area contributed by atoms with Gasteiger partial charge in [0.05, 0.1) is 17.0 Å². The van der Waals surface area contributed by atoms with Crippen molar-refractivity contribution in [2.75, 3.05) is 13.1 Å². The van der Waals surface area contributed by atoms with Crippen molar-refractivity contribution in [2.45, 2.75) is 38.8 Å². The maximum absolute atomic E-state index is 10.7. The molecule has 1 aliphatic rings. The summed E-state index contributed by atoms with van der Waals surface area (Å²) >= 11 is 1.50. The normalized spacial score (nSPS) is 16.8. The average Bonchev–Trinajstić information content (AvgIpc) is 3.30. The van der Waals surface area contributed by atoms with Gasteiger partial charge in [-0.3, -0.25) is 4.90 Å². The number of thiazole rings is 1. The summed E-state index contributed by atoms with van der Waals surface area (Å²) in [5.74, 6) is 1.06. The van der Waals surface area contributed by atoms with E-state index in [9.17, 15) is 5.11 Å². The van der Waals surface area contributed by atoms with Crippen LogP contribution in [0.5, 0.6) is 11.6 Å². The van der Waals surface area contributed by atoms with Crippen molar-refractivity contribution in [3.05, 3.63) is 41.0 Å². The topological polar surface area (TPSA) is 62.9 Å². The number of aromatic nitrogens is 3. The van der Waals surface area contributed by atoms with Gasteiger partial charge in [0.1, 0.15) is 12.1 Å². The zero-order valence-corrected chi connectivity index (χ0v) is 15.2. The highest BCUT2D eigenvalue weighted by atomic mass is 32.1. The number of aromatic hydroxyl groups is 1. The van der Waals surface area contributed by atoms with Crippen LogP contribution in [0.15, 0.2) is 30.6 Å². The number of fused-ring (bicyclic) bond motifs is 1. The average molecular weight is 358 g/mol. The van der Waals surface area contributed by atoms with E-state index in [1.54, 1.807) is 0 Å². The van der Waals surface area contributed by atoms with E-state index in [0.717, 1.165) is 34.2 Å². The second-order valence-corrected chi connectivity index (χ2v) is 7.63. The zero-order valence-electron chi connectivity index (χ0n) is 14.4. The summed E-state index contributed by atoms with van der Waals surface area (Å²) in [4.78, 5) is 8.26. The Bertz CT molecular complexity index is 850. The highest BCUT2D eigenvalue weighted by molar-refractivity contribution is 7.17. The Kier molecular flexibility index (Phi) is 4.35. The number of hydrogen-bond acceptors (Lipinski definition) is 6. The largest absolute Gasteiger partial charge is 0.492 e. The highest BCUT2D eigenvalue weighted by Crippen LogP contribution is 2.41. The minimum absolute atomic E-state index is 0.0177. The van der Waals surface area contributed by atoms with Gasteiger partial charge in [-0.25, -0.2) is 4.98 Å². The Morgan fingerprint density at radius 2 is 1.88 bits per heavy atom. The molecule has 3 heterocycles. The first-order valence-corrected chi connectivity index (χ1v) is 9.47. The predicted molar refractivity (Wildman–Crippen MR) is 97.4 cm³/mol. The third-order valence-electron chi connectivity index (χ3n) is 4.46. The van der Waals surface area contributed by atoms with Crippen LogP contribution in [0.2, 0.25) is 0 Å². The van der Waals surface area contributed by atoms with E-state index >= 15 is 0 Å². The zero-order chi connectivity index (χ0) is 17.4. The van der Waals surface area contributed by atoms with E-state index in [4.69, 9.17) is 4.74 Å². The van der Waals surface area contributed by atoms with Gasteiger partial charge in [-0.15, -0.1) is 0 Å². The van der Waals surface area contributed by atoms with Crippen LogP contribution >= 0.6 is 11.3 Å². The van der Waals surface area contributed by atoms with E-state index in [1.165, 1.54) is 35.0 Å². The molecule has 1 N–H and O–H groups in total. The SMILES string of the molecule is CC(C)Oc1ccc(C(c2sc3ncnn3c2O)N2CCCC2)cc1. The van der Waals surface area contributed by atoms with Gasteiger partial charge in [0.15, 0.2) is 0 Å². The Morgan fingerprint density at radius 3 is 2.52 bits per heavy atom. The van der Waals surface area contributed by atoms with Gasteiger partial charge in [-0.05, 0) is 57.5 Å². The fourth-order valence-electron chi connectivity index (χ4n) is 3.40. The van der Waals surface area contributed by atoms with Crippen LogP contribution in [0.4, 0.5) is 0 Å². The standard InChI is InChI=1S/C18H22N4O2S/c1-12(2)24-14-7-5-13(6-8-14)15(21-9-3-4-10-21)16-17(23)22-18(25-16)19-11-20-22/h5-8,11-12,15,23H,3-4,9-10H2,1-2H3. The molecule has 0 saturated carbocycles. The number of nitrogens with zero attached hydrogens (tertiary/aromatic N) is 4. The lowest BCUT2D eigenvalue weighted by Gasteiger charge is -2.27. The second kappa shape index (κ2) is 6.65. The van der Waals surface area contributed by atoms with Crippen molar-refractivity contribution in [3.63, 3.8) is 0 Å². The van der Waals surface area contributed by atoms with Crippen LogP contribution < -0.4 is 4.74 Å². The third-order valence-corrected chi connectivity index (χ3v) is 5.55. The molecule has 3 aromatic rings. The fraction of sp³-hybridized carbons (Fsp3) is 0.444. The summed E-state index contributed by atoms with van der Waals surface area (Å²) in [6.45, 7) is 6.10. The van der Waals surface area contributed by atoms with Crippen molar-refractivity contribution < 1.29 is 9.84 Å². The summed E-state index contributed by atoms with van der Waals surface area (Å²) in [6.07, 6.45) is 4.00. The van der Waals surface area contributed by atoms with Gasteiger partial charge in [-0.1, -0.05) is 23.5 Å². The van der Waals surface area contributed by atoms with Crippen molar-refractivity contribution in [2.24, 2.45) is 0 Å². The maximum atomic E-state index is 10.7. The van der Waals surface area contributed by atoms with Crippen molar-refractivity contribution in [1.29, 1.82) is 0 Å². The van der Waals surface area contributed by atoms with Crippen LogP contribution in [0, 0.1) is 0 Å². The van der Waals surface area contributed by atoms with Crippen LogP contribution in [-0.4, -0.2) is 43.8 Å². The van der Waals surface area contributed by atoms with Gasteiger partial charge < -0.3 is 9.84 Å². The highest BCUT2D eigenvalue weighted by Gasteiger charge is 2.30. The number of benzene rings is 1. The van der Waals surface area contributed by atoms with Crippen LogP contribution in [0.25, 0.3) is 4.96 Å². The molecule has 7 heteroatoms. The summed E-state index contributed by atoms with van der Waals surface area (Å²) in [5, 5.41) is 14.8. The van der Waals surface area contributed by atoms with Gasteiger partial charge in [-0.2, -0.15) is 9.61 Å². The van der Waals surface area contributed by atoms with E-state index in [-0.39, 0.29) is 18.0 Å². The molecule has 25 heavy (non-hydrogen) atoms. The van der Waals surface area contributed by atoms with Crippen molar-refractivity contribution in [1.82, 2.24) is 19.5 Å².